The van der Waals surface area contributed by atoms with Crippen LogP contribution in [-0.4, -0.2) is 38.7 Å². The maximum absolute atomic E-state index is 12.9. The zero-order valence-corrected chi connectivity index (χ0v) is 17.6. The fraction of sp³-hybridized carbons (Fsp3) is 0.136. The lowest BCUT2D eigenvalue weighted by Gasteiger charge is -2.12. The molecule has 0 atom stereocenters. The summed E-state index contributed by atoms with van der Waals surface area (Å²) in [7, 11) is 3.38. The molecule has 1 aromatic carbocycles. The molecule has 0 saturated heterocycles. The molecule has 0 aliphatic rings. The normalized spacial score (nSPS) is 10.6. The highest BCUT2D eigenvalue weighted by Gasteiger charge is 2.13. The molecule has 3 aromatic heterocycles. The van der Waals surface area contributed by atoms with Gasteiger partial charge in [-0.15, -0.1) is 0 Å². The van der Waals surface area contributed by atoms with Gasteiger partial charge in [0.15, 0.2) is 0 Å². The van der Waals surface area contributed by atoms with Crippen LogP contribution in [0, 0.1) is 0 Å². The minimum absolute atomic E-state index is 0.279. The summed E-state index contributed by atoms with van der Waals surface area (Å²) in [6.45, 7) is 0.392. The molecular weight excluding hydrogens is 408 g/mol. The average molecular weight is 430 g/mol. The fourth-order valence-corrected chi connectivity index (χ4v) is 3.17. The Morgan fingerprint density at radius 1 is 1.03 bits per heavy atom. The third-order valence-electron chi connectivity index (χ3n) is 4.81. The molecular formula is C22H22N8O2. The Hall–Kier alpha value is -4.47. The van der Waals surface area contributed by atoms with Gasteiger partial charge in [0.05, 0.1) is 17.3 Å². The van der Waals surface area contributed by atoms with Crippen molar-refractivity contribution < 1.29 is 9.59 Å². The largest absolute Gasteiger partial charge is 0.365 e. The van der Waals surface area contributed by atoms with Gasteiger partial charge in [0.1, 0.15) is 11.6 Å². The highest BCUT2D eigenvalue weighted by molar-refractivity contribution is 6.08. The van der Waals surface area contributed by atoms with Gasteiger partial charge >= 0.3 is 6.03 Å². The monoisotopic (exact) mass is 430 g/mol. The smallest absolute Gasteiger partial charge is 0.320 e. The van der Waals surface area contributed by atoms with Crippen molar-refractivity contribution in [1.82, 2.24) is 25.1 Å². The second kappa shape index (κ2) is 9.13. The zero-order valence-electron chi connectivity index (χ0n) is 17.6. The average Bonchev–Trinajstić information content (AvgIpc) is 3.18. The van der Waals surface area contributed by atoms with Crippen molar-refractivity contribution >= 4 is 40.2 Å². The summed E-state index contributed by atoms with van der Waals surface area (Å²) < 4.78 is 1.75. The Morgan fingerprint density at radius 3 is 2.75 bits per heavy atom. The summed E-state index contributed by atoms with van der Waals surface area (Å²) >= 11 is 0. The first-order valence-electron chi connectivity index (χ1n) is 9.89. The second-order valence-corrected chi connectivity index (χ2v) is 7.00. The number of carbonyl (C=O) groups excluding carboxylic acids is 2. The van der Waals surface area contributed by atoms with E-state index < -0.39 is 0 Å². The summed E-state index contributed by atoms with van der Waals surface area (Å²) in [6.07, 6.45) is 4.99. The lowest BCUT2D eigenvalue weighted by atomic mass is 10.2. The van der Waals surface area contributed by atoms with Crippen molar-refractivity contribution in [3.63, 3.8) is 0 Å². The summed E-state index contributed by atoms with van der Waals surface area (Å²) in [4.78, 5) is 32.8. The molecule has 0 fully saturated rings. The van der Waals surface area contributed by atoms with E-state index in [1.807, 2.05) is 31.3 Å². The number of nitrogens with zero attached hydrogens (tertiary/aromatic N) is 4. The summed E-state index contributed by atoms with van der Waals surface area (Å²) in [5, 5.41) is 16.4. The quantitative estimate of drug-likeness (QED) is 0.373. The number of hydrogen-bond acceptors (Lipinski definition) is 6. The van der Waals surface area contributed by atoms with Crippen LogP contribution in [0.5, 0.6) is 0 Å². The first-order chi connectivity index (χ1) is 15.5. The number of amides is 3. The van der Waals surface area contributed by atoms with Crippen LogP contribution in [0.2, 0.25) is 0 Å². The molecule has 0 saturated carbocycles. The van der Waals surface area contributed by atoms with Crippen LogP contribution in [0.15, 0.2) is 61.1 Å². The molecule has 10 nitrogen and oxygen atoms in total. The molecule has 0 bridgehead atoms. The van der Waals surface area contributed by atoms with Crippen molar-refractivity contribution in [3.05, 3.63) is 72.2 Å². The minimum atomic E-state index is -0.351. The number of hydrogen-bond donors (Lipinski definition) is 4. The maximum atomic E-state index is 12.9. The Labute approximate surface area is 184 Å². The van der Waals surface area contributed by atoms with Crippen LogP contribution in [0.3, 0.4) is 0 Å². The fourth-order valence-electron chi connectivity index (χ4n) is 3.17. The number of pyridine rings is 2. The van der Waals surface area contributed by atoms with Crippen LogP contribution in [0.25, 0.3) is 10.9 Å². The van der Waals surface area contributed by atoms with E-state index in [1.165, 1.54) is 7.05 Å². The van der Waals surface area contributed by atoms with Crippen molar-refractivity contribution in [1.29, 1.82) is 0 Å². The number of anilines is 3. The van der Waals surface area contributed by atoms with Crippen molar-refractivity contribution in [3.8, 4) is 0 Å². The van der Waals surface area contributed by atoms with E-state index >= 15 is 0 Å². The van der Waals surface area contributed by atoms with Crippen molar-refractivity contribution in [2.45, 2.75) is 6.54 Å². The molecule has 162 valence electrons. The standard InChI is InChI=1S/C22H22N8O2/c1-23-22(32)29-19-10-14(7-9-24-19)12-26-20-17(4-3-8-25-20)21(31)28-16-6-5-15-13-27-30(2)18(15)11-16/h3-11,13H,12H2,1-2H3,(H,25,26)(H,28,31)(H2,23,24,29,32). The van der Waals surface area contributed by atoms with E-state index in [1.54, 1.807) is 41.5 Å². The van der Waals surface area contributed by atoms with Gasteiger partial charge in [0.25, 0.3) is 5.91 Å². The Kier molecular flexibility index (Phi) is 5.93. The Morgan fingerprint density at radius 2 is 1.91 bits per heavy atom. The summed E-state index contributed by atoms with van der Waals surface area (Å²) in [5.74, 6) is 0.594. The van der Waals surface area contributed by atoms with Crippen molar-refractivity contribution in [2.24, 2.45) is 7.05 Å². The van der Waals surface area contributed by atoms with E-state index in [-0.39, 0.29) is 11.9 Å². The van der Waals surface area contributed by atoms with Crippen LogP contribution in [0.1, 0.15) is 15.9 Å². The van der Waals surface area contributed by atoms with E-state index in [9.17, 15) is 9.59 Å². The predicted octanol–water partition coefficient (Wildman–Crippen LogP) is 2.98. The van der Waals surface area contributed by atoms with E-state index in [0.717, 1.165) is 16.5 Å². The molecule has 32 heavy (non-hydrogen) atoms. The first kappa shape index (κ1) is 20.8. The van der Waals surface area contributed by atoms with Gasteiger partial charge < -0.3 is 16.0 Å². The van der Waals surface area contributed by atoms with Gasteiger partial charge in [-0.25, -0.2) is 14.8 Å². The molecule has 0 aliphatic heterocycles. The molecule has 0 spiro atoms. The molecule has 3 heterocycles. The molecule has 0 aliphatic carbocycles. The number of carbonyl (C=O) groups is 2. The molecule has 4 N–H and O–H groups in total. The van der Waals surface area contributed by atoms with E-state index in [0.29, 0.717) is 29.4 Å². The Bertz CT molecular complexity index is 1280. The predicted molar refractivity (Wildman–Crippen MR) is 123 cm³/mol. The highest BCUT2D eigenvalue weighted by Crippen LogP contribution is 2.20. The lowest BCUT2D eigenvalue weighted by molar-refractivity contribution is 0.102. The number of nitrogens with one attached hydrogen (secondary N) is 4. The number of fused-ring (bicyclic) bond motifs is 1. The van der Waals surface area contributed by atoms with Crippen LogP contribution in [-0.2, 0) is 13.6 Å². The summed E-state index contributed by atoms with van der Waals surface area (Å²) in [6, 6.07) is 12.2. The van der Waals surface area contributed by atoms with Crippen LogP contribution >= 0.6 is 0 Å². The van der Waals surface area contributed by atoms with Gasteiger partial charge in [-0.05, 0) is 48.0 Å². The molecule has 4 rings (SSSR count). The third kappa shape index (κ3) is 4.64. The van der Waals surface area contributed by atoms with Crippen molar-refractivity contribution in [2.75, 3.05) is 23.0 Å². The number of aryl methyl sites for hydroxylation is 1. The Balaban J connectivity index is 1.47. The minimum Gasteiger partial charge on any atom is -0.365 e. The molecule has 4 aromatic rings. The van der Waals surface area contributed by atoms with Gasteiger partial charge in [-0.1, -0.05) is 0 Å². The molecule has 0 radical (unpaired) electrons. The number of benzene rings is 1. The summed E-state index contributed by atoms with van der Waals surface area (Å²) in [5.41, 5.74) is 2.87. The number of rotatable bonds is 6. The van der Waals surface area contributed by atoms with Gasteiger partial charge in [0.2, 0.25) is 0 Å². The van der Waals surface area contributed by atoms with Crippen LogP contribution < -0.4 is 21.3 Å². The van der Waals surface area contributed by atoms with Gasteiger partial charge in [-0.3, -0.25) is 14.8 Å². The lowest BCUT2D eigenvalue weighted by Crippen LogP contribution is -2.25. The molecule has 3 amide bonds. The molecule has 0 unspecified atom stereocenters. The van der Waals surface area contributed by atoms with Gasteiger partial charge in [0, 0.05) is 44.1 Å². The number of urea groups is 1. The molecule has 10 heteroatoms. The maximum Gasteiger partial charge on any atom is 0.320 e. The topological polar surface area (TPSA) is 126 Å². The van der Waals surface area contributed by atoms with E-state index in [2.05, 4.69) is 36.3 Å². The van der Waals surface area contributed by atoms with Gasteiger partial charge in [-0.2, -0.15) is 5.10 Å². The highest BCUT2D eigenvalue weighted by atomic mass is 16.2. The third-order valence-corrected chi connectivity index (χ3v) is 4.81. The number of aromatic nitrogens is 4. The first-order valence-corrected chi connectivity index (χ1v) is 9.89. The zero-order chi connectivity index (χ0) is 22.5. The van der Waals surface area contributed by atoms with E-state index in [4.69, 9.17) is 0 Å². The second-order valence-electron chi connectivity index (χ2n) is 7.00. The SMILES string of the molecule is CNC(=O)Nc1cc(CNc2ncccc2C(=O)Nc2ccc3cnn(C)c3c2)ccn1. The van der Waals surface area contributed by atoms with Crippen LogP contribution in [0.4, 0.5) is 22.1 Å².